The SMILES string of the molecule is Cc1ccc(CC(C)N)cc1Oc1cncc(Br)c1. The molecule has 2 N–H and O–H groups in total. The fraction of sp³-hybridized carbons (Fsp3) is 0.267. The third-order valence-electron chi connectivity index (χ3n) is 2.72. The van der Waals surface area contributed by atoms with Gasteiger partial charge < -0.3 is 10.5 Å². The molecule has 0 spiro atoms. The molecule has 2 aromatic rings. The molecule has 0 bridgehead atoms. The van der Waals surface area contributed by atoms with Gasteiger partial charge in [0.2, 0.25) is 0 Å². The van der Waals surface area contributed by atoms with Gasteiger partial charge in [-0.15, -0.1) is 0 Å². The second-order valence-electron chi connectivity index (χ2n) is 4.72. The van der Waals surface area contributed by atoms with Gasteiger partial charge in [0.1, 0.15) is 11.5 Å². The van der Waals surface area contributed by atoms with E-state index in [4.69, 9.17) is 10.5 Å². The van der Waals surface area contributed by atoms with Crippen molar-refractivity contribution in [2.24, 2.45) is 5.73 Å². The quantitative estimate of drug-likeness (QED) is 0.931. The minimum Gasteiger partial charge on any atom is -0.455 e. The first-order valence-corrected chi connectivity index (χ1v) is 6.97. The summed E-state index contributed by atoms with van der Waals surface area (Å²) in [6, 6.07) is 8.22. The van der Waals surface area contributed by atoms with E-state index in [2.05, 4.69) is 33.0 Å². The van der Waals surface area contributed by atoms with E-state index in [1.54, 1.807) is 12.4 Å². The van der Waals surface area contributed by atoms with Crippen LogP contribution < -0.4 is 10.5 Å². The molecule has 0 fully saturated rings. The maximum atomic E-state index is 5.88. The predicted molar refractivity (Wildman–Crippen MR) is 80.5 cm³/mol. The van der Waals surface area contributed by atoms with E-state index >= 15 is 0 Å². The van der Waals surface area contributed by atoms with Crippen molar-refractivity contribution in [3.8, 4) is 11.5 Å². The smallest absolute Gasteiger partial charge is 0.146 e. The Hall–Kier alpha value is -1.39. The lowest BCUT2D eigenvalue weighted by Crippen LogP contribution is -2.17. The number of pyridine rings is 1. The van der Waals surface area contributed by atoms with Gasteiger partial charge >= 0.3 is 0 Å². The van der Waals surface area contributed by atoms with Crippen LogP contribution in [0.4, 0.5) is 0 Å². The van der Waals surface area contributed by atoms with Crippen LogP contribution in [0.1, 0.15) is 18.1 Å². The highest BCUT2D eigenvalue weighted by Gasteiger charge is 2.05. The summed E-state index contributed by atoms with van der Waals surface area (Å²) in [5, 5.41) is 0. The number of halogens is 1. The molecule has 1 unspecified atom stereocenters. The molecule has 1 atom stereocenters. The summed E-state index contributed by atoms with van der Waals surface area (Å²) in [6.45, 7) is 4.02. The van der Waals surface area contributed by atoms with E-state index in [0.717, 1.165) is 28.0 Å². The molecule has 1 heterocycles. The normalized spacial score (nSPS) is 12.2. The van der Waals surface area contributed by atoms with E-state index < -0.39 is 0 Å². The molecule has 0 aliphatic rings. The fourth-order valence-corrected chi connectivity index (χ4v) is 2.17. The highest BCUT2D eigenvalue weighted by atomic mass is 79.9. The molecule has 0 amide bonds. The van der Waals surface area contributed by atoms with E-state index in [-0.39, 0.29) is 6.04 Å². The first kappa shape index (κ1) is 14.0. The molecule has 19 heavy (non-hydrogen) atoms. The van der Waals surface area contributed by atoms with E-state index in [9.17, 15) is 0 Å². The molecule has 4 heteroatoms. The van der Waals surface area contributed by atoms with Gasteiger partial charge in [0, 0.05) is 16.7 Å². The minimum absolute atomic E-state index is 0.142. The van der Waals surface area contributed by atoms with Gasteiger partial charge in [-0.05, 0) is 59.5 Å². The topological polar surface area (TPSA) is 48.1 Å². The van der Waals surface area contributed by atoms with Crippen LogP contribution in [0.25, 0.3) is 0 Å². The third kappa shape index (κ3) is 4.04. The lowest BCUT2D eigenvalue weighted by atomic mass is 10.1. The number of hydrogen-bond acceptors (Lipinski definition) is 3. The number of aromatic nitrogens is 1. The van der Waals surface area contributed by atoms with E-state index in [1.807, 2.05) is 26.0 Å². The summed E-state index contributed by atoms with van der Waals surface area (Å²) in [6.07, 6.45) is 4.27. The van der Waals surface area contributed by atoms with Crippen molar-refractivity contribution < 1.29 is 4.74 Å². The molecule has 0 radical (unpaired) electrons. The average molecular weight is 321 g/mol. The van der Waals surface area contributed by atoms with Gasteiger partial charge in [0.05, 0.1) is 6.20 Å². The molecule has 3 nitrogen and oxygen atoms in total. The summed E-state index contributed by atoms with van der Waals surface area (Å²) >= 11 is 3.38. The second-order valence-corrected chi connectivity index (χ2v) is 5.64. The molecule has 1 aromatic heterocycles. The maximum Gasteiger partial charge on any atom is 0.146 e. The van der Waals surface area contributed by atoms with Crippen LogP contribution in [0.2, 0.25) is 0 Å². The first-order valence-electron chi connectivity index (χ1n) is 6.18. The highest BCUT2D eigenvalue weighted by molar-refractivity contribution is 9.10. The number of ether oxygens (including phenoxy) is 1. The van der Waals surface area contributed by atoms with Crippen molar-refractivity contribution in [1.82, 2.24) is 4.98 Å². The van der Waals surface area contributed by atoms with Gasteiger partial charge in [0.25, 0.3) is 0 Å². The molecule has 100 valence electrons. The fourth-order valence-electron chi connectivity index (χ4n) is 1.83. The van der Waals surface area contributed by atoms with Gasteiger partial charge in [-0.3, -0.25) is 4.98 Å². The van der Waals surface area contributed by atoms with Gasteiger partial charge in [-0.25, -0.2) is 0 Å². The van der Waals surface area contributed by atoms with Crippen molar-refractivity contribution in [3.05, 3.63) is 52.3 Å². The number of hydrogen-bond donors (Lipinski definition) is 1. The first-order chi connectivity index (χ1) is 9.04. The lowest BCUT2D eigenvalue weighted by molar-refractivity contribution is 0.475. The Kier molecular flexibility index (Phi) is 4.56. The number of aryl methyl sites for hydroxylation is 1. The van der Waals surface area contributed by atoms with E-state index in [0.29, 0.717) is 0 Å². The van der Waals surface area contributed by atoms with E-state index in [1.165, 1.54) is 5.56 Å². The Morgan fingerprint density at radius 2 is 2.11 bits per heavy atom. The van der Waals surface area contributed by atoms with Crippen LogP contribution >= 0.6 is 15.9 Å². The molecule has 2 rings (SSSR count). The Labute approximate surface area is 121 Å². The van der Waals surface area contributed by atoms with Crippen LogP contribution in [0.3, 0.4) is 0 Å². The Morgan fingerprint density at radius 3 is 2.79 bits per heavy atom. The van der Waals surface area contributed by atoms with Crippen LogP contribution in [-0.4, -0.2) is 11.0 Å². The average Bonchev–Trinajstić information content (AvgIpc) is 2.33. The summed E-state index contributed by atoms with van der Waals surface area (Å²) in [5.41, 5.74) is 8.10. The highest BCUT2D eigenvalue weighted by Crippen LogP contribution is 2.27. The van der Waals surface area contributed by atoms with Gasteiger partial charge in [-0.1, -0.05) is 12.1 Å². The number of nitrogens with zero attached hydrogens (tertiary/aromatic N) is 1. The molecular weight excluding hydrogens is 304 g/mol. The van der Waals surface area contributed by atoms with Crippen molar-refractivity contribution >= 4 is 15.9 Å². The van der Waals surface area contributed by atoms with Crippen molar-refractivity contribution in [2.75, 3.05) is 0 Å². The molecule has 0 saturated heterocycles. The zero-order valence-electron chi connectivity index (χ0n) is 11.1. The van der Waals surface area contributed by atoms with Crippen molar-refractivity contribution in [1.29, 1.82) is 0 Å². The minimum atomic E-state index is 0.142. The standard InChI is InChI=1S/C15H17BrN2O/c1-10-3-4-12(5-11(2)17)6-15(10)19-14-7-13(16)8-18-9-14/h3-4,6-9,11H,5,17H2,1-2H3. The summed E-state index contributed by atoms with van der Waals surface area (Å²) in [4.78, 5) is 4.09. The predicted octanol–water partition coefficient (Wildman–Crippen LogP) is 3.83. The lowest BCUT2D eigenvalue weighted by Gasteiger charge is -2.12. The van der Waals surface area contributed by atoms with Crippen LogP contribution in [-0.2, 0) is 6.42 Å². The van der Waals surface area contributed by atoms with Crippen LogP contribution in [0.5, 0.6) is 11.5 Å². The second kappa shape index (κ2) is 6.17. The maximum absolute atomic E-state index is 5.88. The summed E-state index contributed by atoms with van der Waals surface area (Å²) in [5.74, 6) is 1.56. The van der Waals surface area contributed by atoms with Gasteiger partial charge in [0.15, 0.2) is 0 Å². The third-order valence-corrected chi connectivity index (χ3v) is 3.15. The monoisotopic (exact) mass is 320 g/mol. The number of nitrogens with two attached hydrogens (primary N) is 1. The van der Waals surface area contributed by atoms with Crippen molar-refractivity contribution in [3.63, 3.8) is 0 Å². The van der Waals surface area contributed by atoms with Crippen molar-refractivity contribution in [2.45, 2.75) is 26.3 Å². The Bertz CT molecular complexity index is 570. The Balaban J connectivity index is 2.23. The number of benzene rings is 1. The zero-order valence-corrected chi connectivity index (χ0v) is 12.6. The van der Waals surface area contributed by atoms with Crippen LogP contribution in [0, 0.1) is 6.92 Å². The zero-order chi connectivity index (χ0) is 13.8. The molecule has 0 aliphatic carbocycles. The molecule has 0 aliphatic heterocycles. The van der Waals surface area contributed by atoms with Gasteiger partial charge in [-0.2, -0.15) is 0 Å². The largest absolute Gasteiger partial charge is 0.455 e. The number of rotatable bonds is 4. The molecule has 0 saturated carbocycles. The summed E-state index contributed by atoms with van der Waals surface area (Å²) < 4.78 is 6.78. The molecule has 1 aromatic carbocycles. The summed E-state index contributed by atoms with van der Waals surface area (Å²) in [7, 11) is 0. The molecular formula is C15H17BrN2O. The van der Waals surface area contributed by atoms with Crippen LogP contribution in [0.15, 0.2) is 41.1 Å². The Morgan fingerprint density at radius 1 is 1.32 bits per heavy atom.